The Morgan fingerprint density at radius 3 is 2.81 bits per heavy atom. The van der Waals surface area contributed by atoms with E-state index in [1.165, 1.54) is 6.42 Å². The second kappa shape index (κ2) is 7.11. The van der Waals surface area contributed by atoms with Crippen molar-refractivity contribution in [2.75, 3.05) is 13.7 Å². The minimum Gasteiger partial charge on any atom is -0.384 e. The third-order valence-electron chi connectivity index (χ3n) is 4.18. The van der Waals surface area contributed by atoms with Gasteiger partial charge < -0.3 is 10.0 Å². The van der Waals surface area contributed by atoms with Crippen LogP contribution in [0.1, 0.15) is 49.5 Å². The van der Waals surface area contributed by atoms with Crippen LogP contribution in [0.15, 0.2) is 11.4 Å². The summed E-state index contributed by atoms with van der Waals surface area (Å²) in [4.78, 5) is 15.7. The molecule has 0 radical (unpaired) electrons. The number of amides is 1. The van der Waals surface area contributed by atoms with Gasteiger partial charge in [0.15, 0.2) is 0 Å². The number of hydrogen-bond donors (Lipinski definition) is 1. The number of rotatable bonds is 3. The van der Waals surface area contributed by atoms with Crippen molar-refractivity contribution in [2.45, 2.75) is 45.6 Å². The van der Waals surface area contributed by atoms with Gasteiger partial charge in [-0.2, -0.15) is 0 Å². The molecule has 0 unspecified atom stereocenters. The van der Waals surface area contributed by atoms with Crippen LogP contribution in [0.5, 0.6) is 0 Å². The van der Waals surface area contributed by atoms with Gasteiger partial charge in [0, 0.05) is 28.3 Å². The predicted molar refractivity (Wildman–Crippen MR) is 85.9 cm³/mol. The molecule has 1 aliphatic rings. The van der Waals surface area contributed by atoms with Crippen LogP contribution in [0.25, 0.3) is 0 Å². The topological polar surface area (TPSA) is 40.5 Å². The molecule has 21 heavy (non-hydrogen) atoms. The second-order valence-corrected chi connectivity index (χ2v) is 7.04. The zero-order valence-corrected chi connectivity index (χ0v) is 13.6. The highest BCUT2D eigenvalue weighted by atomic mass is 32.1. The maximum absolute atomic E-state index is 12.7. The first-order valence-electron chi connectivity index (χ1n) is 7.48. The van der Waals surface area contributed by atoms with Gasteiger partial charge in [0.05, 0.1) is 6.54 Å². The molecule has 1 heterocycles. The highest BCUT2D eigenvalue weighted by Crippen LogP contribution is 2.37. The molecule has 114 valence electrons. The number of aliphatic hydroxyl groups excluding tert-OH is 1. The van der Waals surface area contributed by atoms with Crippen molar-refractivity contribution in [1.82, 2.24) is 4.90 Å². The summed E-state index contributed by atoms with van der Waals surface area (Å²) >= 11 is 1.61. The van der Waals surface area contributed by atoms with Crippen LogP contribution in [-0.2, 0) is 11.3 Å². The highest BCUT2D eigenvalue weighted by Gasteiger charge is 2.36. The largest absolute Gasteiger partial charge is 0.384 e. The van der Waals surface area contributed by atoms with E-state index in [1.54, 1.807) is 11.3 Å². The lowest BCUT2D eigenvalue weighted by molar-refractivity contribution is -0.142. The summed E-state index contributed by atoms with van der Waals surface area (Å²) < 4.78 is 0. The van der Waals surface area contributed by atoms with E-state index in [9.17, 15) is 4.79 Å². The van der Waals surface area contributed by atoms with Gasteiger partial charge in [0.1, 0.15) is 6.61 Å². The summed E-state index contributed by atoms with van der Waals surface area (Å²) in [5.41, 5.74) is 0.734. The third kappa shape index (κ3) is 4.09. The summed E-state index contributed by atoms with van der Waals surface area (Å²) in [6.45, 7) is 2.62. The molecule has 0 aromatic carbocycles. The Balaban J connectivity index is 1.98. The lowest BCUT2D eigenvalue weighted by atomic mass is 9.75. The van der Waals surface area contributed by atoms with Crippen molar-refractivity contribution in [2.24, 2.45) is 5.41 Å². The Labute approximate surface area is 131 Å². The summed E-state index contributed by atoms with van der Waals surface area (Å²) in [5.74, 6) is 5.80. The molecule has 1 amide bonds. The van der Waals surface area contributed by atoms with E-state index in [4.69, 9.17) is 5.11 Å². The van der Waals surface area contributed by atoms with Crippen LogP contribution in [0.4, 0.5) is 0 Å². The van der Waals surface area contributed by atoms with E-state index in [1.807, 2.05) is 23.4 Å². The van der Waals surface area contributed by atoms with Crippen molar-refractivity contribution < 1.29 is 9.90 Å². The standard InChI is InChI=1S/C17H23NO2S/c1-17(8-4-3-5-9-17)16(20)18(2)12-15-11-14(13-21-15)7-6-10-19/h11,13,19H,3-5,8-10,12H2,1-2H3. The van der Waals surface area contributed by atoms with Gasteiger partial charge >= 0.3 is 0 Å². The fourth-order valence-corrected chi connectivity index (χ4v) is 3.85. The van der Waals surface area contributed by atoms with Crippen molar-refractivity contribution in [1.29, 1.82) is 0 Å². The molecule has 0 spiro atoms. The van der Waals surface area contributed by atoms with Gasteiger partial charge in [0.25, 0.3) is 0 Å². The molecule has 0 atom stereocenters. The number of hydrogen-bond acceptors (Lipinski definition) is 3. The molecule has 1 fully saturated rings. The molecular weight excluding hydrogens is 282 g/mol. The molecular formula is C17H23NO2S. The van der Waals surface area contributed by atoms with Gasteiger partial charge in [-0.3, -0.25) is 4.79 Å². The van der Waals surface area contributed by atoms with E-state index in [2.05, 4.69) is 18.8 Å². The molecule has 0 aliphatic heterocycles. The molecule has 2 rings (SSSR count). The van der Waals surface area contributed by atoms with E-state index in [0.717, 1.165) is 36.1 Å². The highest BCUT2D eigenvalue weighted by molar-refractivity contribution is 7.10. The van der Waals surface area contributed by atoms with E-state index < -0.39 is 0 Å². The Morgan fingerprint density at radius 1 is 1.43 bits per heavy atom. The SMILES string of the molecule is CN(Cc1cc(C#CCO)cs1)C(=O)C1(C)CCCCC1. The fraction of sp³-hybridized carbons (Fsp3) is 0.588. The van der Waals surface area contributed by atoms with Gasteiger partial charge in [-0.05, 0) is 18.9 Å². The van der Waals surface area contributed by atoms with Gasteiger partial charge in [-0.25, -0.2) is 0 Å². The average molecular weight is 305 g/mol. The smallest absolute Gasteiger partial charge is 0.228 e. The van der Waals surface area contributed by atoms with Crippen LogP contribution in [0.3, 0.4) is 0 Å². The minimum atomic E-state index is -0.177. The van der Waals surface area contributed by atoms with Crippen LogP contribution in [0, 0.1) is 17.3 Å². The summed E-state index contributed by atoms with van der Waals surface area (Å²) in [6, 6.07) is 2.00. The Hall–Kier alpha value is -1.31. The first kappa shape index (κ1) is 16.1. The summed E-state index contributed by atoms with van der Waals surface area (Å²) in [6.07, 6.45) is 5.60. The van der Waals surface area contributed by atoms with Gasteiger partial charge in [-0.1, -0.05) is 38.0 Å². The number of carbonyl (C=O) groups excluding carboxylic acids is 1. The number of aliphatic hydroxyl groups is 1. The molecule has 0 saturated heterocycles. The molecule has 4 heteroatoms. The molecule has 1 saturated carbocycles. The quantitative estimate of drug-likeness (QED) is 0.872. The first-order valence-corrected chi connectivity index (χ1v) is 8.36. The van der Waals surface area contributed by atoms with Crippen LogP contribution in [0.2, 0.25) is 0 Å². The summed E-state index contributed by atoms with van der Waals surface area (Å²) in [5, 5.41) is 10.7. The first-order chi connectivity index (χ1) is 10.0. The van der Waals surface area contributed by atoms with Gasteiger partial charge in [-0.15, -0.1) is 11.3 Å². The number of thiophene rings is 1. The van der Waals surface area contributed by atoms with Crippen LogP contribution >= 0.6 is 11.3 Å². The van der Waals surface area contributed by atoms with Crippen LogP contribution in [-0.4, -0.2) is 29.6 Å². The minimum absolute atomic E-state index is 0.123. The normalized spacial score (nSPS) is 16.9. The maximum Gasteiger partial charge on any atom is 0.228 e. The third-order valence-corrected chi connectivity index (χ3v) is 5.10. The number of nitrogens with zero attached hydrogens (tertiary/aromatic N) is 1. The zero-order chi connectivity index (χ0) is 15.3. The molecule has 1 N–H and O–H groups in total. The van der Waals surface area contributed by atoms with Crippen molar-refractivity contribution in [3.05, 3.63) is 21.9 Å². The summed E-state index contributed by atoms with van der Waals surface area (Å²) in [7, 11) is 1.89. The van der Waals surface area contributed by atoms with Crippen LogP contribution < -0.4 is 0 Å². The predicted octanol–water partition coefficient (Wildman–Crippen LogP) is 3.02. The molecule has 0 bridgehead atoms. The molecule has 1 aliphatic carbocycles. The average Bonchev–Trinajstić information content (AvgIpc) is 2.92. The molecule has 3 nitrogen and oxygen atoms in total. The Bertz CT molecular complexity index is 547. The van der Waals surface area contributed by atoms with Crippen molar-refractivity contribution in [3.63, 3.8) is 0 Å². The second-order valence-electron chi connectivity index (χ2n) is 6.04. The fourth-order valence-electron chi connectivity index (χ4n) is 2.98. The molecule has 1 aromatic heterocycles. The molecule has 1 aromatic rings. The Morgan fingerprint density at radius 2 is 2.14 bits per heavy atom. The van der Waals surface area contributed by atoms with E-state index >= 15 is 0 Å². The van der Waals surface area contributed by atoms with Crippen molar-refractivity contribution in [3.8, 4) is 11.8 Å². The number of carbonyl (C=O) groups is 1. The van der Waals surface area contributed by atoms with E-state index in [-0.39, 0.29) is 17.9 Å². The lowest BCUT2D eigenvalue weighted by Crippen LogP contribution is -2.40. The van der Waals surface area contributed by atoms with E-state index in [0.29, 0.717) is 6.54 Å². The van der Waals surface area contributed by atoms with Crippen molar-refractivity contribution >= 4 is 17.2 Å². The monoisotopic (exact) mass is 305 g/mol. The maximum atomic E-state index is 12.7. The zero-order valence-electron chi connectivity index (χ0n) is 12.8. The lowest BCUT2D eigenvalue weighted by Gasteiger charge is -2.35. The van der Waals surface area contributed by atoms with Gasteiger partial charge in [0.2, 0.25) is 5.91 Å². The Kier molecular flexibility index (Phi) is 5.44.